The third-order valence-electron chi connectivity index (χ3n) is 2.67. The van der Waals surface area contributed by atoms with Crippen molar-refractivity contribution in [3.8, 4) is 17.4 Å². The summed E-state index contributed by atoms with van der Waals surface area (Å²) < 4.78 is 10.7. The topological polar surface area (TPSA) is 90.6 Å². The van der Waals surface area contributed by atoms with Crippen molar-refractivity contribution < 1.29 is 14.3 Å². The number of carbonyl (C=O) groups excluding carboxylic acids is 1. The highest BCUT2D eigenvalue weighted by molar-refractivity contribution is 5.91. The van der Waals surface area contributed by atoms with Crippen LogP contribution in [-0.4, -0.2) is 42.2 Å². The summed E-state index contributed by atoms with van der Waals surface area (Å²) in [7, 11) is 4.81. The van der Waals surface area contributed by atoms with E-state index in [9.17, 15) is 4.79 Å². The number of rotatable bonds is 4. The highest BCUT2D eigenvalue weighted by Crippen LogP contribution is 2.32. The van der Waals surface area contributed by atoms with Crippen molar-refractivity contribution in [1.29, 1.82) is 0 Å². The minimum absolute atomic E-state index is 0.223. The van der Waals surface area contributed by atoms with Crippen LogP contribution in [0.5, 0.6) is 17.4 Å². The van der Waals surface area contributed by atoms with E-state index in [2.05, 4.69) is 10.2 Å². The molecule has 2 aromatic rings. The quantitative estimate of drug-likeness (QED) is 0.859. The summed E-state index contributed by atoms with van der Waals surface area (Å²) in [6.07, 6.45) is 0. The number of methoxy groups -OCH3 is 1. The Balaban J connectivity index is 2.19. The molecule has 1 heterocycles. The van der Waals surface area contributed by atoms with E-state index < -0.39 is 0 Å². The van der Waals surface area contributed by atoms with Gasteiger partial charge in [0.15, 0.2) is 17.2 Å². The molecule has 0 aliphatic heterocycles. The van der Waals surface area contributed by atoms with E-state index in [1.165, 1.54) is 12.0 Å². The van der Waals surface area contributed by atoms with Crippen molar-refractivity contribution in [3.05, 3.63) is 36.0 Å². The minimum Gasteiger partial charge on any atom is -0.493 e. The number of hydrogen-bond acceptors (Lipinski definition) is 6. The van der Waals surface area contributed by atoms with Crippen molar-refractivity contribution in [1.82, 2.24) is 15.1 Å². The SMILES string of the molecule is COc1cc(N)ccc1Oc1ccc(C(=O)N(C)C)nn1. The summed E-state index contributed by atoms with van der Waals surface area (Å²) in [6, 6.07) is 8.13. The maximum atomic E-state index is 11.7. The van der Waals surface area contributed by atoms with Crippen LogP contribution in [0.3, 0.4) is 0 Å². The molecule has 0 saturated carbocycles. The molecule has 0 bridgehead atoms. The van der Waals surface area contributed by atoms with E-state index in [4.69, 9.17) is 15.2 Å². The second-order valence-corrected chi connectivity index (χ2v) is 4.47. The Morgan fingerprint density at radius 3 is 2.48 bits per heavy atom. The normalized spacial score (nSPS) is 10.0. The molecule has 1 aromatic carbocycles. The first-order valence-electron chi connectivity index (χ1n) is 6.18. The first-order chi connectivity index (χ1) is 10.0. The van der Waals surface area contributed by atoms with Crippen LogP contribution in [0.4, 0.5) is 5.69 Å². The summed E-state index contributed by atoms with van der Waals surface area (Å²) in [5, 5.41) is 7.71. The summed E-state index contributed by atoms with van der Waals surface area (Å²) in [5.41, 5.74) is 6.49. The van der Waals surface area contributed by atoms with Gasteiger partial charge in [0.2, 0.25) is 5.88 Å². The fraction of sp³-hybridized carbons (Fsp3) is 0.214. The Morgan fingerprint density at radius 2 is 1.90 bits per heavy atom. The predicted molar refractivity (Wildman–Crippen MR) is 77.5 cm³/mol. The van der Waals surface area contributed by atoms with Gasteiger partial charge in [-0.1, -0.05) is 0 Å². The lowest BCUT2D eigenvalue weighted by Gasteiger charge is -2.11. The molecule has 2 N–H and O–H groups in total. The van der Waals surface area contributed by atoms with Gasteiger partial charge in [-0.15, -0.1) is 10.2 Å². The highest BCUT2D eigenvalue weighted by atomic mass is 16.5. The molecule has 0 spiro atoms. The number of aromatic nitrogens is 2. The van der Waals surface area contributed by atoms with Crippen LogP contribution in [0.25, 0.3) is 0 Å². The van der Waals surface area contributed by atoms with E-state index in [-0.39, 0.29) is 17.5 Å². The highest BCUT2D eigenvalue weighted by Gasteiger charge is 2.12. The molecular formula is C14H16N4O3. The number of nitrogen functional groups attached to an aromatic ring is 1. The number of anilines is 1. The number of carbonyl (C=O) groups is 1. The van der Waals surface area contributed by atoms with Gasteiger partial charge in [0.05, 0.1) is 7.11 Å². The number of nitrogens with zero attached hydrogens (tertiary/aromatic N) is 3. The number of nitrogens with two attached hydrogens (primary N) is 1. The largest absolute Gasteiger partial charge is 0.493 e. The minimum atomic E-state index is -0.223. The van der Waals surface area contributed by atoms with Gasteiger partial charge >= 0.3 is 0 Å². The van der Waals surface area contributed by atoms with Crippen LogP contribution in [0.15, 0.2) is 30.3 Å². The zero-order chi connectivity index (χ0) is 15.4. The van der Waals surface area contributed by atoms with Crippen molar-refractivity contribution in [2.75, 3.05) is 26.9 Å². The number of ether oxygens (including phenoxy) is 2. The van der Waals surface area contributed by atoms with Gasteiger partial charge in [-0.3, -0.25) is 4.79 Å². The van der Waals surface area contributed by atoms with E-state index in [1.807, 2.05) is 0 Å². The molecule has 0 aliphatic carbocycles. The smallest absolute Gasteiger partial charge is 0.273 e. The third-order valence-corrected chi connectivity index (χ3v) is 2.67. The Morgan fingerprint density at radius 1 is 1.14 bits per heavy atom. The Hall–Kier alpha value is -2.83. The lowest BCUT2D eigenvalue weighted by Crippen LogP contribution is -2.23. The fourth-order valence-corrected chi connectivity index (χ4v) is 1.60. The van der Waals surface area contributed by atoms with Crippen molar-refractivity contribution in [2.45, 2.75) is 0 Å². The van der Waals surface area contributed by atoms with Crippen LogP contribution in [0.1, 0.15) is 10.5 Å². The molecule has 110 valence electrons. The van der Waals surface area contributed by atoms with Crippen LogP contribution in [0.2, 0.25) is 0 Å². The van der Waals surface area contributed by atoms with Crippen LogP contribution >= 0.6 is 0 Å². The van der Waals surface area contributed by atoms with E-state index in [1.54, 1.807) is 44.4 Å². The molecule has 21 heavy (non-hydrogen) atoms. The van der Waals surface area contributed by atoms with Crippen LogP contribution in [0, 0.1) is 0 Å². The molecule has 7 nitrogen and oxygen atoms in total. The van der Waals surface area contributed by atoms with Gasteiger partial charge in [0.25, 0.3) is 5.91 Å². The molecule has 1 aromatic heterocycles. The van der Waals surface area contributed by atoms with Gasteiger partial charge in [0, 0.05) is 31.9 Å². The van der Waals surface area contributed by atoms with Crippen molar-refractivity contribution in [3.63, 3.8) is 0 Å². The Kier molecular flexibility index (Phi) is 4.22. The summed E-state index contributed by atoms with van der Waals surface area (Å²) in [4.78, 5) is 13.1. The summed E-state index contributed by atoms with van der Waals surface area (Å²) in [5.74, 6) is 0.991. The maximum Gasteiger partial charge on any atom is 0.273 e. The van der Waals surface area contributed by atoms with Gasteiger partial charge in [-0.25, -0.2) is 0 Å². The lowest BCUT2D eigenvalue weighted by molar-refractivity contribution is 0.0820. The monoisotopic (exact) mass is 288 g/mol. The fourth-order valence-electron chi connectivity index (χ4n) is 1.60. The molecule has 0 fully saturated rings. The molecule has 0 aliphatic rings. The van der Waals surface area contributed by atoms with E-state index in [0.717, 1.165) is 0 Å². The van der Waals surface area contributed by atoms with Crippen molar-refractivity contribution >= 4 is 11.6 Å². The third kappa shape index (κ3) is 3.38. The molecule has 2 rings (SSSR count). The second-order valence-electron chi connectivity index (χ2n) is 4.47. The predicted octanol–water partition coefficient (Wildman–Crippen LogP) is 1.56. The molecule has 1 amide bonds. The average Bonchev–Trinajstić information content (AvgIpc) is 2.49. The van der Waals surface area contributed by atoms with Gasteiger partial charge in [-0.05, 0) is 18.2 Å². The summed E-state index contributed by atoms with van der Waals surface area (Å²) in [6.45, 7) is 0. The van der Waals surface area contributed by atoms with Crippen molar-refractivity contribution in [2.24, 2.45) is 0 Å². The molecule has 0 radical (unpaired) electrons. The Bertz CT molecular complexity index is 641. The Labute approximate surface area is 122 Å². The van der Waals surface area contributed by atoms with E-state index >= 15 is 0 Å². The second kappa shape index (κ2) is 6.08. The van der Waals surface area contributed by atoms with E-state index in [0.29, 0.717) is 17.2 Å². The standard InChI is InChI=1S/C14H16N4O3/c1-18(2)14(19)10-5-7-13(17-16-10)21-11-6-4-9(15)8-12(11)20-3/h4-8H,15H2,1-3H3. The molecule has 0 atom stereocenters. The maximum absolute atomic E-state index is 11.7. The number of benzene rings is 1. The molecule has 0 unspecified atom stereocenters. The summed E-state index contributed by atoms with van der Waals surface area (Å²) >= 11 is 0. The lowest BCUT2D eigenvalue weighted by atomic mass is 10.3. The molecule has 0 saturated heterocycles. The molecular weight excluding hydrogens is 272 g/mol. The van der Waals surface area contributed by atoms with Gasteiger partial charge in [-0.2, -0.15) is 0 Å². The average molecular weight is 288 g/mol. The van der Waals surface area contributed by atoms with Crippen LogP contribution in [-0.2, 0) is 0 Å². The van der Waals surface area contributed by atoms with Gasteiger partial charge < -0.3 is 20.1 Å². The zero-order valence-electron chi connectivity index (χ0n) is 12.0. The number of amides is 1. The van der Waals surface area contributed by atoms with Gasteiger partial charge in [0.1, 0.15) is 0 Å². The molecule has 7 heteroatoms. The zero-order valence-corrected chi connectivity index (χ0v) is 12.0. The first kappa shape index (κ1) is 14.6. The van der Waals surface area contributed by atoms with Crippen LogP contribution < -0.4 is 15.2 Å². The number of hydrogen-bond donors (Lipinski definition) is 1. The first-order valence-corrected chi connectivity index (χ1v) is 6.18.